The van der Waals surface area contributed by atoms with Crippen LogP contribution < -0.4 is 5.32 Å². The van der Waals surface area contributed by atoms with Crippen LogP contribution in [0.15, 0.2) is 66.7 Å². The molecule has 28 heavy (non-hydrogen) atoms. The van der Waals surface area contributed by atoms with Gasteiger partial charge >= 0.3 is 0 Å². The standard InChI is InChI=1S/C22H19ClN2O2S/c1-25(2)22(27)15-6-5-7-16(14-15)24-21(26)13-11-17-10-12-20(28-17)18-8-3-4-9-19(18)23/h3-14H,1-2H3,(H,24,26)/b13-11+. The van der Waals surface area contributed by atoms with Crippen LogP contribution in [0.3, 0.4) is 0 Å². The Kier molecular flexibility index (Phi) is 6.29. The number of hydrogen-bond acceptors (Lipinski definition) is 3. The second kappa shape index (κ2) is 8.87. The van der Waals surface area contributed by atoms with Gasteiger partial charge in [0.15, 0.2) is 0 Å². The van der Waals surface area contributed by atoms with Crippen LogP contribution in [0.25, 0.3) is 16.5 Å². The summed E-state index contributed by atoms with van der Waals surface area (Å²) in [6.07, 6.45) is 3.23. The van der Waals surface area contributed by atoms with Crippen LogP contribution in [-0.4, -0.2) is 30.8 Å². The van der Waals surface area contributed by atoms with Gasteiger partial charge in [-0.15, -0.1) is 11.3 Å². The fourth-order valence-corrected chi connectivity index (χ4v) is 3.82. The van der Waals surface area contributed by atoms with Crippen molar-refractivity contribution in [3.05, 3.63) is 82.2 Å². The number of benzene rings is 2. The van der Waals surface area contributed by atoms with Crippen molar-refractivity contribution >= 4 is 46.5 Å². The van der Waals surface area contributed by atoms with Crippen LogP contribution in [0.5, 0.6) is 0 Å². The molecule has 0 bridgehead atoms. The largest absolute Gasteiger partial charge is 0.345 e. The Labute approximate surface area is 173 Å². The Balaban J connectivity index is 1.67. The van der Waals surface area contributed by atoms with Crippen molar-refractivity contribution in [2.24, 2.45) is 0 Å². The van der Waals surface area contributed by atoms with Crippen LogP contribution in [0, 0.1) is 0 Å². The van der Waals surface area contributed by atoms with E-state index in [1.165, 1.54) is 11.0 Å². The lowest BCUT2D eigenvalue weighted by Gasteiger charge is -2.11. The number of anilines is 1. The van der Waals surface area contributed by atoms with E-state index in [1.54, 1.807) is 55.8 Å². The smallest absolute Gasteiger partial charge is 0.253 e. The van der Waals surface area contributed by atoms with Gasteiger partial charge in [0.1, 0.15) is 0 Å². The molecule has 0 spiro atoms. The quantitative estimate of drug-likeness (QED) is 0.571. The van der Waals surface area contributed by atoms with E-state index in [0.717, 1.165) is 15.3 Å². The predicted octanol–water partition coefficient (Wildman–Crippen LogP) is 5.42. The van der Waals surface area contributed by atoms with Crippen LogP contribution in [0.4, 0.5) is 5.69 Å². The first kappa shape index (κ1) is 19.9. The van der Waals surface area contributed by atoms with Crippen LogP contribution >= 0.6 is 22.9 Å². The van der Waals surface area contributed by atoms with Gasteiger partial charge in [0.2, 0.25) is 5.91 Å². The van der Waals surface area contributed by atoms with Gasteiger partial charge in [0.25, 0.3) is 5.91 Å². The lowest BCUT2D eigenvalue weighted by atomic mass is 10.2. The normalized spacial score (nSPS) is 10.8. The molecule has 3 rings (SSSR count). The number of nitrogens with one attached hydrogen (secondary N) is 1. The predicted molar refractivity (Wildman–Crippen MR) is 117 cm³/mol. The summed E-state index contributed by atoms with van der Waals surface area (Å²) in [5.74, 6) is -0.375. The number of rotatable bonds is 5. The zero-order chi connectivity index (χ0) is 20.1. The van der Waals surface area contributed by atoms with E-state index in [9.17, 15) is 9.59 Å². The fourth-order valence-electron chi connectivity index (χ4n) is 2.58. The molecule has 0 saturated heterocycles. The van der Waals surface area contributed by atoms with Crippen molar-refractivity contribution in [1.29, 1.82) is 0 Å². The summed E-state index contributed by atoms with van der Waals surface area (Å²) in [6, 6.07) is 18.5. The summed E-state index contributed by atoms with van der Waals surface area (Å²) in [5, 5.41) is 3.48. The molecule has 4 nitrogen and oxygen atoms in total. The number of carbonyl (C=O) groups excluding carboxylic acids is 2. The summed E-state index contributed by atoms with van der Waals surface area (Å²) in [7, 11) is 3.38. The first-order chi connectivity index (χ1) is 13.4. The van der Waals surface area contributed by atoms with Crippen molar-refractivity contribution < 1.29 is 9.59 Å². The van der Waals surface area contributed by atoms with Gasteiger partial charge in [-0.3, -0.25) is 9.59 Å². The van der Waals surface area contributed by atoms with E-state index in [1.807, 2.05) is 36.4 Å². The summed E-state index contributed by atoms with van der Waals surface area (Å²) in [6.45, 7) is 0. The molecule has 1 N–H and O–H groups in total. The zero-order valence-electron chi connectivity index (χ0n) is 15.5. The van der Waals surface area contributed by atoms with Gasteiger partial charge in [0.05, 0.1) is 0 Å². The highest BCUT2D eigenvalue weighted by molar-refractivity contribution is 7.16. The Morgan fingerprint density at radius 1 is 1.04 bits per heavy atom. The van der Waals surface area contributed by atoms with E-state index in [0.29, 0.717) is 16.3 Å². The second-order valence-electron chi connectivity index (χ2n) is 6.28. The van der Waals surface area contributed by atoms with Crippen molar-refractivity contribution in [3.63, 3.8) is 0 Å². The minimum atomic E-state index is -0.262. The molecule has 3 aromatic rings. The van der Waals surface area contributed by atoms with Gasteiger partial charge in [-0.05, 0) is 42.5 Å². The molecular weight excluding hydrogens is 392 g/mol. The summed E-state index contributed by atoms with van der Waals surface area (Å²) in [4.78, 5) is 27.7. The van der Waals surface area contributed by atoms with E-state index < -0.39 is 0 Å². The molecule has 6 heteroatoms. The van der Waals surface area contributed by atoms with Gasteiger partial charge in [0, 0.05) is 51.8 Å². The second-order valence-corrected chi connectivity index (χ2v) is 7.81. The summed E-state index contributed by atoms with van der Waals surface area (Å²) in [5.41, 5.74) is 2.07. The third kappa shape index (κ3) is 4.88. The van der Waals surface area contributed by atoms with Crippen molar-refractivity contribution in [1.82, 2.24) is 4.90 Å². The number of nitrogens with zero attached hydrogens (tertiary/aromatic N) is 1. The van der Waals surface area contributed by atoms with Gasteiger partial charge in [-0.2, -0.15) is 0 Å². The maximum Gasteiger partial charge on any atom is 0.253 e. The lowest BCUT2D eigenvalue weighted by molar-refractivity contribution is -0.111. The maximum atomic E-state index is 12.2. The molecule has 0 radical (unpaired) electrons. The van der Waals surface area contributed by atoms with E-state index in [4.69, 9.17) is 11.6 Å². The molecule has 0 saturated carbocycles. The SMILES string of the molecule is CN(C)C(=O)c1cccc(NC(=O)/C=C/c2ccc(-c3ccccc3Cl)s2)c1. The zero-order valence-corrected chi connectivity index (χ0v) is 17.1. The Morgan fingerprint density at radius 3 is 2.57 bits per heavy atom. The van der Waals surface area contributed by atoms with E-state index in [-0.39, 0.29) is 11.8 Å². The molecular formula is C22H19ClN2O2S. The maximum absolute atomic E-state index is 12.2. The molecule has 0 atom stereocenters. The van der Waals surface area contributed by atoms with Gasteiger partial charge in [-0.1, -0.05) is 35.9 Å². The number of thiophene rings is 1. The highest BCUT2D eigenvalue weighted by atomic mass is 35.5. The molecule has 0 aliphatic rings. The average Bonchev–Trinajstić information content (AvgIpc) is 3.15. The third-order valence-electron chi connectivity index (χ3n) is 3.95. The number of carbonyl (C=O) groups is 2. The van der Waals surface area contributed by atoms with Gasteiger partial charge in [-0.25, -0.2) is 0 Å². The van der Waals surface area contributed by atoms with Crippen LogP contribution in [0.2, 0.25) is 5.02 Å². The minimum absolute atomic E-state index is 0.114. The Morgan fingerprint density at radius 2 is 1.82 bits per heavy atom. The number of hydrogen-bond donors (Lipinski definition) is 1. The van der Waals surface area contributed by atoms with Crippen LogP contribution in [0.1, 0.15) is 15.2 Å². The van der Waals surface area contributed by atoms with Crippen molar-refractivity contribution in [2.75, 3.05) is 19.4 Å². The number of amides is 2. The summed E-state index contributed by atoms with van der Waals surface area (Å²) >= 11 is 7.79. The molecule has 0 unspecified atom stereocenters. The third-order valence-corrected chi connectivity index (χ3v) is 5.36. The first-order valence-corrected chi connectivity index (χ1v) is 9.79. The molecule has 0 aliphatic carbocycles. The molecule has 142 valence electrons. The monoisotopic (exact) mass is 410 g/mol. The average molecular weight is 411 g/mol. The molecule has 2 aromatic carbocycles. The lowest BCUT2D eigenvalue weighted by Crippen LogP contribution is -2.21. The number of halogens is 1. The molecule has 0 aliphatic heterocycles. The topological polar surface area (TPSA) is 49.4 Å². The van der Waals surface area contributed by atoms with Crippen molar-refractivity contribution in [2.45, 2.75) is 0 Å². The highest BCUT2D eigenvalue weighted by Crippen LogP contribution is 2.33. The Hall–Kier alpha value is -2.89. The first-order valence-electron chi connectivity index (χ1n) is 8.59. The fraction of sp³-hybridized carbons (Fsp3) is 0.0909. The van der Waals surface area contributed by atoms with Crippen molar-refractivity contribution in [3.8, 4) is 10.4 Å². The van der Waals surface area contributed by atoms with Gasteiger partial charge < -0.3 is 10.2 Å². The van der Waals surface area contributed by atoms with E-state index in [2.05, 4.69) is 5.32 Å². The highest BCUT2D eigenvalue weighted by Gasteiger charge is 2.09. The molecule has 2 amide bonds. The minimum Gasteiger partial charge on any atom is -0.345 e. The molecule has 0 fully saturated rings. The molecule has 1 heterocycles. The summed E-state index contributed by atoms with van der Waals surface area (Å²) < 4.78 is 0. The van der Waals surface area contributed by atoms with E-state index >= 15 is 0 Å². The van der Waals surface area contributed by atoms with Crippen LogP contribution in [-0.2, 0) is 4.79 Å². The molecule has 1 aromatic heterocycles. The Bertz CT molecular complexity index is 1040.